The van der Waals surface area contributed by atoms with Crippen molar-refractivity contribution >= 4 is 0 Å². The zero-order valence-electron chi connectivity index (χ0n) is 10.4. The first kappa shape index (κ1) is 12.2. The minimum absolute atomic E-state index is 0.171. The van der Waals surface area contributed by atoms with E-state index in [1.165, 1.54) is 13.2 Å². The number of ether oxygens (including phenoxy) is 2. The molecule has 0 radical (unpaired) electrons. The van der Waals surface area contributed by atoms with E-state index in [1.807, 2.05) is 6.92 Å². The Kier molecular flexibility index (Phi) is 3.24. The SMILES string of the molecule is COc1cc(F)c2c(c1OC)[C@H](N)CCC2C. The van der Waals surface area contributed by atoms with E-state index in [1.54, 1.807) is 7.11 Å². The highest BCUT2D eigenvalue weighted by Crippen LogP contribution is 2.46. The minimum Gasteiger partial charge on any atom is -0.493 e. The Hall–Kier alpha value is -1.29. The summed E-state index contributed by atoms with van der Waals surface area (Å²) in [7, 11) is 3.06. The maximum absolute atomic E-state index is 14.1. The van der Waals surface area contributed by atoms with Crippen molar-refractivity contribution in [3.05, 3.63) is 23.0 Å². The van der Waals surface area contributed by atoms with Crippen LogP contribution in [0.1, 0.15) is 42.9 Å². The molecule has 3 nitrogen and oxygen atoms in total. The minimum atomic E-state index is -0.250. The summed E-state index contributed by atoms with van der Waals surface area (Å²) in [5.41, 5.74) is 7.52. The van der Waals surface area contributed by atoms with E-state index in [9.17, 15) is 4.39 Å². The number of benzene rings is 1. The quantitative estimate of drug-likeness (QED) is 0.863. The molecule has 0 aromatic heterocycles. The van der Waals surface area contributed by atoms with E-state index in [4.69, 9.17) is 15.2 Å². The average Bonchev–Trinajstić information content (AvgIpc) is 2.32. The molecular formula is C13H18FNO2. The second-order valence-electron chi connectivity index (χ2n) is 4.51. The fourth-order valence-corrected chi connectivity index (χ4v) is 2.59. The standard InChI is InChI=1S/C13H18FNO2/c1-7-4-5-9(15)12-11(7)8(14)6-10(16-2)13(12)17-3/h6-7,9H,4-5,15H2,1-3H3/t7?,9-/m1/s1. The summed E-state index contributed by atoms with van der Waals surface area (Å²) in [4.78, 5) is 0. The van der Waals surface area contributed by atoms with Crippen LogP contribution in [-0.4, -0.2) is 14.2 Å². The molecule has 0 bridgehead atoms. The molecule has 1 unspecified atom stereocenters. The van der Waals surface area contributed by atoms with Gasteiger partial charge < -0.3 is 15.2 Å². The molecule has 0 spiro atoms. The van der Waals surface area contributed by atoms with Crippen molar-refractivity contribution in [3.63, 3.8) is 0 Å². The van der Waals surface area contributed by atoms with Gasteiger partial charge in [0, 0.05) is 17.7 Å². The van der Waals surface area contributed by atoms with Crippen LogP contribution in [0.2, 0.25) is 0 Å². The number of halogens is 1. The molecule has 4 heteroatoms. The molecule has 2 N–H and O–H groups in total. The fraction of sp³-hybridized carbons (Fsp3) is 0.538. The molecule has 94 valence electrons. The van der Waals surface area contributed by atoms with E-state index in [-0.39, 0.29) is 17.8 Å². The summed E-state index contributed by atoms with van der Waals surface area (Å²) in [6, 6.07) is 1.20. The first-order valence-corrected chi connectivity index (χ1v) is 5.80. The largest absolute Gasteiger partial charge is 0.493 e. The van der Waals surface area contributed by atoms with Crippen LogP contribution >= 0.6 is 0 Å². The Morgan fingerprint density at radius 2 is 1.94 bits per heavy atom. The molecule has 0 saturated heterocycles. The van der Waals surface area contributed by atoms with Crippen molar-refractivity contribution < 1.29 is 13.9 Å². The number of hydrogen-bond acceptors (Lipinski definition) is 3. The summed E-state index contributed by atoms with van der Waals surface area (Å²) >= 11 is 0. The predicted octanol–water partition coefficient (Wildman–Crippen LogP) is 2.74. The summed E-state index contributed by atoms with van der Waals surface area (Å²) in [5, 5.41) is 0. The van der Waals surface area contributed by atoms with E-state index in [2.05, 4.69) is 0 Å². The van der Waals surface area contributed by atoms with Gasteiger partial charge >= 0.3 is 0 Å². The molecule has 2 atom stereocenters. The maximum Gasteiger partial charge on any atom is 0.165 e. The lowest BCUT2D eigenvalue weighted by Crippen LogP contribution is -2.22. The van der Waals surface area contributed by atoms with Gasteiger partial charge in [0.1, 0.15) is 5.82 Å². The number of nitrogens with two attached hydrogens (primary N) is 1. The van der Waals surface area contributed by atoms with Crippen molar-refractivity contribution in [2.75, 3.05) is 14.2 Å². The van der Waals surface area contributed by atoms with Crippen LogP contribution in [0.4, 0.5) is 4.39 Å². The van der Waals surface area contributed by atoms with Gasteiger partial charge in [-0.15, -0.1) is 0 Å². The van der Waals surface area contributed by atoms with Gasteiger partial charge in [-0.1, -0.05) is 6.92 Å². The van der Waals surface area contributed by atoms with Crippen LogP contribution in [0.25, 0.3) is 0 Å². The topological polar surface area (TPSA) is 44.5 Å². The van der Waals surface area contributed by atoms with Crippen molar-refractivity contribution in [2.24, 2.45) is 5.73 Å². The van der Waals surface area contributed by atoms with E-state index < -0.39 is 0 Å². The van der Waals surface area contributed by atoms with Gasteiger partial charge in [-0.25, -0.2) is 4.39 Å². The highest BCUT2D eigenvalue weighted by Gasteiger charge is 2.30. The first-order chi connectivity index (χ1) is 8.10. The van der Waals surface area contributed by atoms with Crippen LogP contribution in [0.15, 0.2) is 6.07 Å². The van der Waals surface area contributed by atoms with Gasteiger partial charge in [0.25, 0.3) is 0 Å². The molecular weight excluding hydrogens is 221 g/mol. The lowest BCUT2D eigenvalue weighted by atomic mass is 9.80. The fourth-order valence-electron chi connectivity index (χ4n) is 2.59. The molecule has 0 saturated carbocycles. The second kappa shape index (κ2) is 4.53. The van der Waals surface area contributed by atoms with E-state index >= 15 is 0 Å². The molecule has 2 rings (SSSR count). The number of rotatable bonds is 2. The van der Waals surface area contributed by atoms with Crippen molar-refractivity contribution in [2.45, 2.75) is 31.7 Å². The smallest absolute Gasteiger partial charge is 0.165 e. The zero-order chi connectivity index (χ0) is 12.6. The van der Waals surface area contributed by atoms with Gasteiger partial charge in [0.15, 0.2) is 11.5 Å². The zero-order valence-corrected chi connectivity index (χ0v) is 10.4. The monoisotopic (exact) mass is 239 g/mol. The van der Waals surface area contributed by atoms with Crippen LogP contribution in [0, 0.1) is 5.82 Å². The molecule has 17 heavy (non-hydrogen) atoms. The number of fused-ring (bicyclic) bond motifs is 1. The summed E-state index contributed by atoms with van der Waals surface area (Å²) in [5.74, 6) is 0.904. The van der Waals surface area contributed by atoms with Crippen LogP contribution in [0.3, 0.4) is 0 Å². The van der Waals surface area contributed by atoms with Crippen molar-refractivity contribution in [1.82, 2.24) is 0 Å². The Labute approximate surface area is 101 Å². The third kappa shape index (κ3) is 1.86. The highest BCUT2D eigenvalue weighted by molar-refractivity contribution is 5.54. The van der Waals surface area contributed by atoms with Crippen LogP contribution in [0.5, 0.6) is 11.5 Å². The van der Waals surface area contributed by atoms with Gasteiger partial charge in [0.2, 0.25) is 0 Å². The molecule has 1 aliphatic rings. The normalized spacial score (nSPS) is 23.1. The van der Waals surface area contributed by atoms with Gasteiger partial charge in [-0.2, -0.15) is 0 Å². The molecule has 0 fully saturated rings. The Balaban J connectivity index is 2.70. The van der Waals surface area contributed by atoms with Crippen LogP contribution < -0.4 is 15.2 Å². The Morgan fingerprint density at radius 3 is 2.53 bits per heavy atom. The number of methoxy groups -OCH3 is 2. The second-order valence-corrected chi connectivity index (χ2v) is 4.51. The summed E-state index contributed by atoms with van der Waals surface area (Å²) in [6.07, 6.45) is 1.75. The average molecular weight is 239 g/mol. The molecule has 1 aromatic carbocycles. The van der Waals surface area contributed by atoms with Gasteiger partial charge in [-0.05, 0) is 24.3 Å². The third-order valence-electron chi connectivity index (χ3n) is 3.47. The summed E-state index contributed by atoms with van der Waals surface area (Å²) < 4.78 is 24.6. The Bertz CT molecular complexity index is 434. The third-order valence-corrected chi connectivity index (χ3v) is 3.47. The van der Waals surface area contributed by atoms with Gasteiger partial charge in [0.05, 0.1) is 14.2 Å². The molecule has 1 aromatic rings. The van der Waals surface area contributed by atoms with Crippen molar-refractivity contribution in [1.29, 1.82) is 0 Å². The Morgan fingerprint density at radius 1 is 1.24 bits per heavy atom. The lowest BCUT2D eigenvalue weighted by Gasteiger charge is -2.30. The highest BCUT2D eigenvalue weighted by atomic mass is 19.1. The first-order valence-electron chi connectivity index (χ1n) is 5.80. The van der Waals surface area contributed by atoms with Gasteiger partial charge in [-0.3, -0.25) is 0 Å². The number of hydrogen-bond donors (Lipinski definition) is 1. The summed E-state index contributed by atoms with van der Waals surface area (Å²) in [6.45, 7) is 2.01. The molecule has 0 aliphatic heterocycles. The molecule has 0 amide bonds. The lowest BCUT2D eigenvalue weighted by molar-refractivity contribution is 0.338. The molecule has 0 heterocycles. The maximum atomic E-state index is 14.1. The van der Waals surface area contributed by atoms with E-state index in [0.717, 1.165) is 18.4 Å². The van der Waals surface area contributed by atoms with Crippen LogP contribution in [-0.2, 0) is 0 Å². The molecule has 1 aliphatic carbocycles. The van der Waals surface area contributed by atoms with E-state index in [0.29, 0.717) is 17.1 Å². The van der Waals surface area contributed by atoms with Crippen molar-refractivity contribution in [3.8, 4) is 11.5 Å². The predicted molar refractivity (Wildman–Crippen MR) is 64.1 cm³/mol.